The van der Waals surface area contributed by atoms with E-state index in [4.69, 9.17) is 11.6 Å². The van der Waals surface area contributed by atoms with Gasteiger partial charge in [0.1, 0.15) is 4.88 Å². The molecule has 0 fully saturated rings. The van der Waals surface area contributed by atoms with Crippen LogP contribution >= 0.6 is 22.9 Å². The van der Waals surface area contributed by atoms with Crippen molar-refractivity contribution >= 4 is 45.7 Å². The highest BCUT2D eigenvalue weighted by molar-refractivity contribution is 7.17. The number of halogens is 1. The number of hydrogen-bond donors (Lipinski definition) is 3. The number of carbonyl (C=O) groups excluding carboxylic acids is 2. The Morgan fingerprint density at radius 3 is 2.58 bits per heavy atom. The number of aromatic nitrogens is 1. The van der Waals surface area contributed by atoms with Gasteiger partial charge in [-0.05, 0) is 37.6 Å². The molecular formula is C16H19ClN4O2S. The van der Waals surface area contributed by atoms with Crippen molar-refractivity contribution in [2.75, 3.05) is 17.2 Å². The van der Waals surface area contributed by atoms with Crippen LogP contribution in [0.5, 0.6) is 0 Å². The SMILES string of the molecule is CCCCNC(=O)c1sc(NC(=O)Nc2ccc(Cl)cc2)nc1C. The van der Waals surface area contributed by atoms with Gasteiger partial charge in [-0.3, -0.25) is 10.1 Å². The molecule has 3 amide bonds. The lowest BCUT2D eigenvalue weighted by Gasteiger charge is -2.05. The maximum absolute atomic E-state index is 12.1. The molecule has 2 rings (SSSR count). The van der Waals surface area contributed by atoms with Crippen LogP contribution in [0.3, 0.4) is 0 Å². The van der Waals surface area contributed by atoms with Gasteiger partial charge in [-0.25, -0.2) is 9.78 Å². The number of nitrogens with zero attached hydrogens (tertiary/aromatic N) is 1. The Morgan fingerprint density at radius 2 is 1.92 bits per heavy atom. The number of benzene rings is 1. The Bertz CT molecular complexity index is 715. The average Bonchev–Trinajstić information content (AvgIpc) is 2.90. The van der Waals surface area contributed by atoms with Crippen LogP contribution in [0.1, 0.15) is 35.1 Å². The molecule has 0 bridgehead atoms. The van der Waals surface area contributed by atoms with E-state index < -0.39 is 6.03 Å². The van der Waals surface area contributed by atoms with Crippen LogP contribution in [0.2, 0.25) is 5.02 Å². The lowest BCUT2D eigenvalue weighted by Crippen LogP contribution is -2.24. The van der Waals surface area contributed by atoms with E-state index in [9.17, 15) is 9.59 Å². The van der Waals surface area contributed by atoms with Gasteiger partial charge >= 0.3 is 6.03 Å². The van der Waals surface area contributed by atoms with Crippen LogP contribution in [-0.4, -0.2) is 23.5 Å². The fourth-order valence-corrected chi connectivity index (χ4v) is 2.92. The topological polar surface area (TPSA) is 83.1 Å². The molecule has 8 heteroatoms. The van der Waals surface area contributed by atoms with Gasteiger partial charge in [0.05, 0.1) is 5.69 Å². The molecule has 24 heavy (non-hydrogen) atoms. The number of hydrogen-bond acceptors (Lipinski definition) is 4. The number of carbonyl (C=O) groups is 2. The van der Waals surface area contributed by atoms with E-state index in [1.165, 1.54) is 0 Å². The summed E-state index contributed by atoms with van der Waals surface area (Å²) in [4.78, 5) is 28.8. The van der Waals surface area contributed by atoms with Crippen LogP contribution < -0.4 is 16.0 Å². The molecule has 1 heterocycles. The third kappa shape index (κ3) is 5.21. The van der Waals surface area contributed by atoms with Crippen molar-refractivity contribution in [1.29, 1.82) is 0 Å². The van der Waals surface area contributed by atoms with Gasteiger partial charge < -0.3 is 10.6 Å². The second kappa shape index (κ2) is 8.65. The largest absolute Gasteiger partial charge is 0.351 e. The predicted molar refractivity (Wildman–Crippen MR) is 98.2 cm³/mol. The van der Waals surface area contributed by atoms with E-state index in [0.29, 0.717) is 33.0 Å². The smallest absolute Gasteiger partial charge is 0.325 e. The van der Waals surface area contributed by atoms with Crippen molar-refractivity contribution in [2.45, 2.75) is 26.7 Å². The summed E-state index contributed by atoms with van der Waals surface area (Å²) < 4.78 is 0. The van der Waals surface area contributed by atoms with Gasteiger partial charge in [0.15, 0.2) is 5.13 Å². The van der Waals surface area contributed by atoms with Crippen LogP contribution in [0.4, 0.5) is 15.6 Å². The first kappa shape index (κ1) is 18.2. The molecule has 0 aliphatic carbocycles. The van der Waals surface area contributed by atoms with Crippen molar-refractivity contribution < 1.29 is 9.59 Å². The van der Waals surface area contributed by atoms with E-state index >= 15 is 0 Å². The quantitative estimate of drug-likeness (QED) is 0.667. The Kier molecular flexibility index (Phi) is 6.57. The van der Waals surface area contributed by atoms with E-state index in [2.05, 4.69) is 27.9 Å². The number of nitrogens with one attached hydrogen (secondary N) is 3. The molecule has 3 N–H and O–H groups in total. The molecule has 0 spiro atoms. The van der Waals surface area contributed by atoms with Gasteiger partial charge in [-0.2, -0.15) is 0 Å². The van der Waals surface area contributed by atoms with Gasteiger partial charge in [-0.15, -0.1) is 0 Å². The minimum absolute atomic E-state index is 0.162. The third-order valence-electron chi connectivity index (χ3n) is 3.14. The van der Waals surface area contributed by atoms with Crippen LogP contribution in [-0.2, 0) is 0 Å². The Morgan fingerprint density at radius 1 is 1.21 bits per heavy atom. The van der Waals surface area contributed by atoms with Crippen LogP contribution in [0.15, 0.2) is 24.3 Å². The molecule has 0 saturated heterocycles. The molecule has 0 radical (unpaired) electrons. The lowest BCUT2D eigenvalue weighted by atomic mass is 10.3. The third-order valence-corrected chi connectivity index (χ3v) is 4.46. The van der Waals surface area contributed by atoms with Crippen LogP contribution in [0.25, 0.3) is 0 Å². The van der Waals surface area contributed by atoms with E-state index in [0.717, 1.165) is 24.2 Å². The fraction of sp³-hybridized carbons (Fsp3) is 0.312. The van der Waals surface area contributed by atoms with E-state index in [1.54, 1.807) is 31.2 Å². The highest BCUT2D eigenvalue weighted by Crippen LogP contribution is 2.23. The predicted octanol–water partition coefficient (Wildman–Crippen LogP) is 4.28. The molecule has 1 aromatic heterocycles. The molecule has 0 atom stereocenters. The molecule has 0 unspecified atom stereocenters. The van der Waals surface area contributed by atoms with Gasteiger partial charge in [0.2, 0.25) is 0 Å². The summed E-state index contributed by atoms with van der Waals surface area (Å²) in [6.07, 6.45) is 1.94. The number of amides is 3. The zero-order valence-electron chi connectivity index (χ0n) is 13.5. The number of unbranched alkanes of at least 4 members (excludes halogenated alkanes) is 1. The molecule has 2 aromatic rings. The zero-order chi connectivity index (χ0) is 17.5. The standard InChI is InChI=1S/C16H19ClN4O2S/c1-3-4-9-18-14(22)13-10(2)19-16(24-13)21-15(23)20-12-7-5-11(17)6-8-12/h5-8H,3-4,9H2,1-2H3,(H,18,22)(H2,19,20,21,23). The molecular weight excluding hydrogens is 348 g/mol. The molecule has 128 valence electrons. The number of anilines is 2. The Balaban J connectivity index is 1.95. The Labute approximate surface area is 149 Å². The number of urea groups is 1. The lowest BCUT2D eigenvalue weighted by molar-refractivity contribution is 0.0956. The molecule has 0 aliphatic rings. The number of aryl methyl sites for hydroxylation is 1. The highest BCUT2D eigenvalue weighted by Gasteiger charge is 2.16. The summed E-state index contributed by atoms with van der Waals surface area (Å²) in [6.45, 7) is 4.44. The molecule has 6 nitrogen and oxygen atoms in total. The minimum atomic E-state index is -0.427. The first-order valence-corrected chi connectivity index (χ1v) is 8.78. The molecule has 0 saturated carbocycles. The normalized spacial score (nSPS) is 10.3. The summed E-state index contributed by atoms with van der Waals surface area (Å²) in [5, 5.41) is 9.12. The monoisotopic (exact) mass is 366 g/mol. The van der Waals surface area contributed by atoms with Crippen molar-refractivity contribution in [2.24, 2.45) is 0 Å². The average molecular weight is 367 g/mol. The van der Waals surface area contributed by atoms with Gasteiger partial charge in [-0.1, -0.05) is 36.3 Å². The van der Waals surface area contributed by atoms with Gasteiger partial charge in [0.25, 0.3) is 5.91 Å². The first-order chi connectivity index (χ1) is 11.5. The Hall–Kier alpha value is -2.12. The number of thiazole rings is 1. The summed E-state index contributed by atoms with van der Waals surface area (Å²) in [5.41, 5.74) is 1.21. The van der Waals surface area contributed by atoms with Crippen molar-refractivity contribution in [3.05, 3.63) is 39.9 Å². The summed E-state index contributed by atoms with van der Waals surface area (Å²) in [7, 11) is 0. The van der Waals surface area contributed by atoms with Crippen molar-refractivity contribution in [3.63, 3.8) is 0 Å². The molecule has 0 aliphatic heterocycles. The highest BCUT2D eigenvalue weighted by atomic mass is 35.5. The summed E-state index contributed by atoms with van der Waals surface area (Å²) in [5.74, 6) is -0.162. The van der Waals surface area contributed by atoms with Crippen molar-refractivity contribution in [1.82, 2.24) is 10.3 Å². The maximum Gasteiger partial charge on any atom is 0.325 e. The molecule has 1 aromatic carbocycles. The summed E-state index contributed by atoms with van der Waals surface area (Å²) >= 11 is 6.95. The minimum Gasteiger partial charge on any atom is -0.351 e. The zero-order valence-corrected chi connectivity index (χ0v) is 15.1. The first-order valence-electron chi connectivity index (χ1n) is 7.58. The van der Waals surface area contributed by atoms with E-state index in [-0.39, 0.29) is 5.91 Å². The van der Waals surface area contributed by atoms with Crippen molar-refractivity contribution in [3.8, 4) is 0 Å². The van der Waals surface area contributed by atoms with Crippen LogP contribution in [0, 0.1) is 6.92 Å². The van der Waals surface area contributed by atoms with E-state index in [1.807, 2.05) is 0 Å². The summed E-state index contributed by atoms with van der Waals surface area (Å²) in [6, 6.07) is 6.33. The second-order valence-corrected chi connectivity index (χ2v) is 6.56. The fourth-order valence-electron chi connectivity index (χ4n) is 1.91. The van der Waals surface area contributed by atoms with Gasteiger partial charge in [0, 0.05) is 17.3 Å². The number of rotatable bonds is 6. The second-order valence-electron chi connectivity index (χ2n) is 5.13. The maximum atomic E-state index is 12.1.